The van der Waals surface area contributed by atoms with Gasteiger partial charge in [-0.1, -0.05) is 32.4 Å². The van der Waals surface area contributed by atoms with E-state index in [9.17, 15) is 0 Å². The Morgan fingerprint density at radius 2 is 1.91 bits per heavy atom. The molecule has 1 aromatic heterocycles. The third-order valence-electron chi connectivity index (χ3n) is 1.49. The standard InChI is InChI=1S/C9H13ClO/c1-6-5-7(10)8(11-6)9(2,3)4/h5H,1-4H3. The highest BCUT2D eigenvalue weighted by Gasteiger charge is 2.21. The molecule has 0 unspecified atom stereocenters. The summed E-state index contributed by atoms with van der Waals surface area (Å²) in [7, 11) is 0. The van der Waals surface area contributed by atoms with Crippen LogP contribution in [0.2, 0.25) is 5.02 Å². The molecule has 0 fully saturated rings. The van der Waals surface area contributed by atoms with Crippen LogP contribution in [0.4, 0.5) is 0 Å². The Balaban J connectivity index is 3.13. The molecule has 0 spiro atoms. The van der Waals surface area contributed by atoms with Crippen molar-refractivity contribution >= 4 is 11.6 Å². The lowest BCUT2D eigenvalue weighted by atomic mass is 9.93. The SMILES string of the molecule is Cc1cc(Cl)c(C(C)(C)C)o1. The Morgan fingerprint density at radius 3 is 2.09 bits per heavy atom. The molecule has 0 atom stereocenters. The van der Waals surface area contributed by atoms with E-state index in [-0.39, 0.29) is 5.41 Å². The maximum Gasteiger partial charge on any atom is 0.128 e. The fraction of sp³-hybridized carbons (Fsp3) is 0.556. The lowest BCUT2D eigenvalue weighted by Gasteiger charge is -2.14. The molecule has 2 heteroatoms. The predicted octanol–water partition coefficient (Wildman–Crippen LogP) is 3.54. The van der Waals surface area contributed by atoms with Crippen molar-refractivity contribution in [1.82, 2.24) is 0 Å². The molecule has 1 rings (SSSR count). The van der Waals surface area contributed by atoms with Gasteiger partial charge in [-0.3, -0.25) is 0 Å². The van der Waals surface area contributed by atoms with Crippen LogP contribution < -0.4 is 0 Å². The Morgan fingerprint density at radius 1 is 1.36 bits per heavy atom. The number of hydrogen-bond acceptors (Lipinski definition) is 1. The van der Waals surface area contributed by atoms with Gasteiger partial charge in [-0.15, -0.1) is 0 Å². The molecule has 0 aliphatic carbocycles. The minimum atomic E-state index is 0.00530. The summed E-state index contributed by atoms with van der Waals surface area (Å²) in [6, 6.07) is 1.85. The van der Waals surface area contributed by atoms with Crippen LogP contribution in [0.1, 0.15) is 32.3 Å². The number of rotatable bonds is 0. The second-order valence-corrected chi connectivity index (χ2v) is 4.19. The van der Waals surface area contributed by atoms with E-state index in [2.05, 4.69) is 20.8 Å². The first kappa shape index (κ1) is 8.66. The second-order valence-electron chi connectivity index (χ2n) is 3.78. The first-order chi connectivity index (χ1) is 4.91. The zero-order chi connectivity index (χ0) is 8.65. The summed E-state index contributed by atoms with van der Waals surface area (Å²) in [6.07, 6.45) is 0. The molecule has 0 aromatic carbocycles. The van der Waals surface area contributed by atoms with Gasteiger partial charge in [0.25, 0.3) is 0 Å². The van der Waals surface area contributed by atoms with E-state index in [1.165, 1.54) is 0 Å². The molecule has 1 nitrogen and oxygen atoms in total. The molecule has 0 radical (unpaired) electrons. The molecule has 0 saturated carbocycles. The van der Waals surface area contributed by atoms with Crippen LogP contribution >= 0.6 is 11.6 Å². The first-order valence-electron chi connectivity index (χ1n) is 3.67. The summed E-state index contributed by atoms with van der Waals surface area (Å²) in [5.41, 5.74) is 0.00530. The molecule has 0 saturated heterocycles. The van der Waals surface area contributed by atoms with Crippen LogP contribution in [-0.2, 0) is 5.41 Å². The predicted molar refractivity (Wildman–Crippen MR) is 47.2 cm³/mol. The molecule has 0 bridgehead atoms. The van der Waals surface area contributed by atoms with Crippen LogP contribution in [0.25, 0.3) is 0 Å². The van der Waals surface area contributed by atoms with E-state index < -0.39 is 0 Å². The molecular weight excluding hydrogens is 160 g/mol. The van der Waals surface area contributed by atoms with Crippen molar-refractivity contribution < 1.29 is 4.42 Å². The van der Waals surface area contributed by atoms with Gasteiger partial charge in [-0.05, 0) is 13.0 Å². The highest BCUT2D eigenvalue weighted by atomic mass is 35.5. The van der Waals surface area contributed by atoms with Crippen LogP contribution in [0, 0.1) is 6.92 Å². The smallest absolute Gasteiger partial charge is 0.128 e. The van der Waals surface area contributed by atoms with Gasteiger partial charge in [0, 0.05) is 5.41 Å². The molecular formula is C9H13ClO. The highest BCUT2D eigenvalue weighted by Crippen LogP contribution is 2.31. The number of hydrogen-bond donors (Lipinski definition) is 0. The summed E-state index contributed by atoms with van der Waals surface area (Å²) in [4.78, 5) is 0. The van der Waals surface area contributed by atoms with Gasteiger partial charge in [0.05, 0.1) is 5.02 Å². The zero-order valence-electron chi connectivity index (χ0n) is 7.36. The fourth-order valence-corrected chi connectivity index (χ4v) is 1.47. The monoisotopic (exact) mass is 172 g/mol. The van der Waals surface area contributed by atoms with Crippen molar-refractivity contribution in [2.45, 2.75) is 33.1 Å². The summed E-state index contributed by atoms with van der Waals surface area (Å²) in [6.45, 7) is 8.15. The zero-order valence-corrected chi connectivity index (χ0v) is 8.12. The fourth-order valence-electron chi connectivity index (χ4n) is 0.995. The lowest BCUT2D eigenvalue weighted by Crippen LogP contribution is -2.09. The van der Waals surface area contributed by atoms with Crippen LogP contribution in [-0.4, -0.2) is 0 Å². The molecule has 11 heavy (non-hydrogen) atoms. The Bertz CT molecular complexity index is 255. The molecule has 1 aromatic rings. The summed E-state index contributed by atoms with van der Waals surface area (Å²) >= 11 is 5.94. The summed E-state index contributed by atoms with van der Waals surface area (Å²) in [5, 5.41) is 0.731. The number of furan rings is 1. The Labute approximate surface area is 72.4 Å². The summed E-state index contributed by atoms with van der Waals surface area (Å²) in [5.74, 6) is 1.75. The van der Waals surface area contributed by atoms with Crippen LogP contribution in [0.5, 0.6) is 0 Å². The molecule has 0 amide bonds. The van der Waals surface area contributed by atoms with Crippen molar-refractivity contribution in [1.29, 1.82) is 0 Å². The molecule has 0 aliphatic heterocycles. The van der Waals surface area contributed by atoms with E-state index in [1.807, 2.05) is 13.0 Å². The highest BCUT2D eigenvalue weighted by molar-refractivity contribution is 6.31. The Hall–Kier alpha value is -0.430. The average molecular weight is 173 g/mol. The molecule has 1 heterocycles. The van der Waals surface area contributed by atoms with Crippen molar-refractivity contribution in [3.05, 3.63) is 22.6 Å². The molecule has 62 valence electrons. The van der Waals surface area contributed by atoms with Gasteiger partial charge in [-0.25, -0.2) is 0 Å². The maximum atomic E-state index is 5.94. The number of halogens is 1. The van der Waals surface area contributed by atoms with Crippen molar-refractivity contribution in [3.8, 4) is 0 Å². The topological polar surface area (TPSA) is 13.1 Å². The molecule has 0 N–H and O–H groups in total. The first-order valence-corrected chi connectivity index (χ1v) is 4.05. The van der Waals surface area contributed by atoms with Gasteiger partial charge < -0.3 is 4.42 Å². The summed E-state index contributed by atoms with van der Waals surface area (Å²) < 4.78 is 5.45. The third kappa shape index (κ3) is 1.78. The van der Waals surface area contributed by atoms with Gasteiger partial charge >= 0.3 is 0 Å². The number of aryl methyl sites for hydroxylation is 1. The van der Waals surface area contributed by atoms with E-state index in [4.69, 9.17) is 16.0 Å². The van der Waals surface area contributed by atoms with Gasteiger partial charge in [0.15, 0.2) is 0 Å². The van der Waals surface area contributed by atoms with E-state index in [1.54, 1.807) is 0 Å². The average Bonchev–Trinajstić information content (AvgIpc) is 2.08. The minimum Gasteiger partial charge on any atom is -0.464 e. The molecule has 0 aliphatic rings. The second kappa shape index (κ2) is 2.56. The maximum absolute atomic E-state index is 5.94. The van der Waals surface area contributed by atoms with E-state index in [0.29, 0.717) is 0 Å². The Kier molecular flexibility index (Phi) is 2.02. The van der Waals surface area contributed by atoms with Crippen LogP contribution in [0.3, 0.4) is 0 Å². The lowest BCUT2D eigenvalue weighted by molar-refractivity contribution is 0.396. The van der Waals surface area contributed by atoms with Crippen molar-refractivity contribution in [2.24, 2.45) is 0 Å². The van der Waals surface area contributed by atoms with Gasteiger partial charge in [-0.2, -0.15) is 0 Å². The van der Waals surface area contributed by atoms with E-state index >= 15 is 0 Å². The van der Waals surface area contributed by atoms with Crippen molar-refractivity contribution in [3.63, 3.8) is 0 Å². The van der Waals surface area contributed by atoms with Gasteiger partial charge in [0.1, 0.15) is 11.5 Å². The van der Waals surface area contributed by atoms with Crippen LogP contribution in [0.15, 0.2) is 10.5 Å². The van der Waals surface area contributed by atoms with Crippen molar-refractivity contribution in [2.75, 3.05) is 0 Å². The largest absolute Gasteiger partial charge is 0.464 e. The third-order valence-corrected chi connectivity index (χ3v) is 1.77. The van der Waals surface area contributed by atoms with E-state index in [0.717, 1.165) is 16.5 Å². The normalized spacial score (nSPS) is 12.1. The van der Waals surface area contributed by atoms with Gasteiger partial charge in [0.2, 0.25) is 0 Å². The quantitative estimate of drug-likeness (QED) is 0.584. The minimum absolute atomic E-state index is 0.00530.